The Balaban J connectivity index is 2.03. The molecule has 2 saturated heterocycles. The first kappa shape index (κ1) is 12.6. The zero-order chi connectivity index (χ0) is 12.3. The average molecular weight is 238 g/mol. The van der Waals surface area contributed by atoms with E-state index >= 15 is 0 Å². The van der Waals surface area contributed by atoms with Gasteiger partial charge in [0, 0.05) is 24.8 Å². The number of nitrogens with zero attached hydrogens (tertiary/aromatic N) is 1. The first-order chi connectivity index (χ1) is 8.22. The predicted octanol–water partition coefficient (Wildman–Crippen LogP) is 1.14. The molecule has 4 heteroatoms. The summed E-state index contributed by atoms with van der Waals surface area (Å²) < 4.78 is 5.37. The number of ether oxygens (including phenoxy) is 1. The fourth-order valence-corrected chi connectivity index (χ4v) is 2.59. The van der Waals surface area contributed by atoms with E-state index < -0.39 is 0 Å². The highest BCUT2D eigenvalue weighted by atomic mass is 16.5. The van der Waals surface area contributed by atoms with Crippen molar-refractivity contribution in [3.8, 4) is 0 Å². The summed E-state index contributed by atoms with van der Waals surface area (Å²) in [5.41, 5.74) is 0.972. The standard InChI is InChI=1S/C13H22N2O2/c1-10-4-3-5-12(14-2)13(16)15(10)8-11-6-7-17-9-11/h11-12,14H,1,3-9H2,2H3. The van der Waals surface area contributed by atoms with E-state index in [9.17, 15) is 4.79 Å². The molecule has 2 rings (SSSR count). The van der Waals surface area contributed by atoms with E-state index in [1.165, 1.54) is 0 Å². The van der Waals surface area contributed by atoms with Gasteiger partial charge in [-0.25, -0.2) is 0 Å². The molecule has 2 heterocycles. The van der Waals surface area contributed by atoms with Crippen LogP contribution in [0.2, 0.25) is 0 Å². The van der Waals surface area contributed by atoms with Gasteiger partial charge in [-0.3, -0.25) is 4.79 Å². The molecule has 0 aromatic rings. The summed E-state index contributed by atoms with van der Waals surface area (Å²) in [6.07, 6.45) is 3.93. The van der Waals surface area contributed by atoms with Crippen molar-refractivity contribution in [3.05, 3.63) is 12.3 Å². The van der Waals surface area contributed by atoms with Gasteiger partial charge in [0.25, 0.3) is 0 Å². The van der Waals surface area contributed by atoms with E-state index in [0.717, 1.165) is 51.1 Å². The maximum Gasteiger partial charge on any atom is 0.243 e. The van der Waals surface area contributed by atoms with E-state index in [2.05, 4.69) is 11.9 Å². The van der Waals surface area contributed by atoms with Crippen LogP contribution in [0.25, 0.3) is 0 Å². The number of carbonyl (C=O) groups is 1. The molecule has 2 atom stereocenters. The summed E-state index contributed by atoms with van der Waals surface area (Å²) in [5, 5.41) is 3.11. The Bertz CT molecular complexity index is 298. The van der Waals surface area contributed by atoms with Crippen molar-refractivity contribution in [2.45, 2.75) is 31.7 Å². The zero-order valence-corrected chi connectivity index (χ0v) is 10.6. The third-order valence-electron chi connectivity index (χ3n) is 3.72. The van der Waals surface area contributed by atoms with Gasteiger partial charge in [-0.2, -0.15) is 0 Å². The second-order valence-corrected chi connectivity index (χ2v) is 4.98. The molecular weight excluding hydrogens is 216 g/mol. The molecule has 17 heavy (non-hydrogen) atoms. The van der Waals surface area contributed by atoms with Gasteiger partial charge in [-0.05, 0) is 32.7 Å². The highest BCUT2D eigenvalue weighted by Crippen LogP contribution is 2.23. The van der Waals surface area contributed by atoms with Gasteiger partial charge in [0.05, 0.1) is 12.6 Å². The number of allylic oxidation sites excluding steroid dienone is 1. The zero-order valence-electron chi connectivity index (χ0n) is 10.6. The average Bonchev–Trinajstić information content (AvgIpc) is 2.79. The van der Waals surface area contributed by atoms with Crippen LogP contribution in [0.1, 0.15) is 25.7 Å². The highest BCUT2D eigenvalue weighted by Gasteiger charge is 2.30. The van der Waals surface area contributed by atoms with Gasteiger partial charge in [-0.15, -0.1) is 0 Å². The summed E-state index contributed by atoms with van der Waals surface area (Å²) in [6.45, 7) is 6.43. The number of nitrogens with one attached hydrogen (secondary N) is 1. The topological polar surface area (TPSA) is 41.6 Å². The molecule has 0 saturated carbocycles. The minimum atomic E-state index is -0.0448. The molecule has 0 aromatic carbocycles. The van der Waals surface area contributed by atoms with Crippen molar-refractivity contribution >= 4 is 5.91 Å². The smallest absolute Gasteiger partial charge is 0.243 e. The quantitative estimate of drug-likeness (QED) is 0.801. The Labute approximate surface area is 103 Å². The van der Waals surface area contributed by atoms with Crippen molar-refractivity contribution in [2.75, 3.05) is 26.8 Å². The first-order valence-corrected chi connectivity index (χ1v) is 6.46. The molecule has 0 radical (unpaired) electrons. The summed E-state index contributed by atoms with van der Waals surface area (Å²) in [6, 6.07) is -0.0448. The van der Waals surface area contributed by atoms with Crippen molar-refractivity contribution in [3.63, 3.8) is 0 Å². The molecule has 0 spiro atoms. The van der Waals surface area contributed by atoms with Crippen LogP contribution in [0.5, 0.6) is 0 Å². The van der Waals surface area contributed by atoms with Gasteiger partial charge in [0.15, 0.2) is 0 Å². The molecule has 0 aromatic heterocycles. The Kier molecular flexibility index (Phi) is 4.18. The molecule has 2 unspecified atom stereocenters. The van der Waals surface area contributed by atoms with E-state index in [4.69, 9.17) is 4.74 Å². The lowest BCUT2D eigenvalue weighted by Crippen LogP contribution is -2.44. The molecule has 2 fully saturated rings. The van der Waals surface area contributed by atoms with Gasteiger partial charge in [-0.1, -0.05) is 6.58 Å². The number of likely N-dealkylation sites (N-methyl/N-ethyl adjacent to an activating group) is 1. The van der Waals surface area contributed by atoms with Crippen molar-refractivity contribution in [1.82, 2.24) is 10.2 Å². The number of hydrogen-bond acceptors (Lipinski definition) is 3. The van der Waals surface area contributed by atoms with Crippen LogP contribution < -0.4 is 5.32 Å². The van der Waals surface area contributed by atoms with Crippen molar-refractivity contribution in [2.24, 2.45) is 5.92 Å². The lowest BCUT2D eigenvalue weighted by atomic mass is 10.1. The van der Waals surface area contributed by atoms with Crippen LogP contribution in [-0.4, -0.2) is 43.7 Å². The Morgan fingerprint density at radius 2 is 2.35 bits per heavy atom. The second kappa shape index (κ2) is 5.65. The number of likely N-dealkylation sites (tertiary alicyclic amines) is 1. The molecule has 1 N–H and O–H groups in total. The minimum Gasteiger partial charge on any atom is -0.381 e. The molecule has 2 aliphatic heterocycles. The molecule has 0 aliphatic carbocycles. The lowest BCUT2D eigenvalue weighted by molar-refractivity contribution is -0.131. The van der Waals surface area contributed by atoms with E-state index in [-0.39, 0.29) is 11.9 Å². The van der Waals surface area contributed by atoms with E-state index in [0.29, 0.717) is 5.92 Å². The van der Waals surface area contributed by atoms with Gasteiger partial charge < -0.3 is 15.0 Å². The minimum absolute atomic E-state index is 0.0448. The summed E-state index contributed by atoms with van der Waals surface area (Å²) >= 11 is 0. The van der Waals surface area contributed by atoms with E-state index in [1.54, 1.807) is 0 Å². The fraction of sp³-hybridized carbons (Fsp3) is 0.769. The van der Waals surface area contributed by atoms with Crippen LogP contribution in [0.4, 0.5) is 0 Å². The van der Waals surface area contributed by atoms with Gasteiger partial charge in [0.1, 0.15) is 0 Å². The fourth-order valence-electron chi connectivity index (χ4n) is 2.59. The number of amides is 1. The van der Waals surface area contributed by atoms with Crippen LogP contribution in [0.3, 0.4) is 0 Å². The molecule has 96 valence electrons. The number of rotatable bonds is 3. The Hall–Kier alpha value is -0.870. The highest BCUT2D eigenvalue weighted by molar-refractivity contribution is 5.83. The molecule has 2 aliphatic rings. The molecular formula is C13H22N2O2. The second-order valence-electron chi connectivity index (χ2n) is 4.98. The summed E-state index contributed by atoms with van der Waals surface area (Å²) in [4.78, 5) is 14.2. The number of carbonyl (C=O) groups excluding carboxylic acids is 1. The van der Waals surface area contributed by atoms with Gasteiger partial charge in [0.2, 0.25) is 5.91 Å². The van der Waals surface area contributed by atoms with Crippen molar-refractivity contribution in [1.29, 1.82) is 0 Å². The third kappa shape index (κ3) is 2.87. The maximum absolute atomic E-state index is 12.3. The monoisotopic (exact) mass is 238 g/mol. The Morgan fingerprint density at radius 1 is 1.53 bits per heavy atom. The SMILES string of the molecule is C=C1CCCC(NC)C(=O)N1CC1CCOC1. The maximum atomic E-state index is 12.3. The normalized spacial score (nSPS) is 30.8. The third-order valence-corrected chi connectivity index (χ3v) is 3.72. The first-order valence-electron chi connectivity index (χ1n) is 6.46. The van der Waals surface area contributed by atoms with Gasteiger partial charge >= 0.3 is 0 Å². The summed E-state index contributed by atoms with van der Waals surface area (Å²) in [5.74, 6) is 0.660. The van der Waals surface area contributed by atoms with Crippen LogP contribution in [0, 0.1) is 5.92 Å². The Morgan fingerprint density at radius 3 is 3.00 bits per heavy atom. The van der Waals surface area contributed by atoms with Crippen LogP contribution in [-0.2, 0) is 9.53 Å². The summed E-state index contributed by atoms with van der Waals surface area (Å²) in [7, 11) is 1.85. The lowest BCUT2D eigenvalue weighted by Gasteiger charge is -2.27. The number of hydrogen-bond donors (Lipinski definition) is 1. The van der Waals surface area contributed by atoms with Crippen molar-refractivity contribution < 1.29 is 9.53 Å². The largest absolute Gasteiger partial charge is 0.381 e. The molecule has 1 amide bonds. The van der Waals surface area contributed by atoms with Crippen LogP contribution >= 0.6 is 0 Å². The molecule has 4 nitrogen and oxygen atoms in total. The van der Waals surface area contributed by atoms with E-state index in [1.807, 2.05) is 11.9 Å². The van der Waals surface area contributed by atoms with Crippen LogP contribution in [0.15, 0.2) is 12.3 Å². The predicted molar refractivity (Wildman–Crippen MR) is 66.5 cm³/mol. The molecule has 0 bridgehead atoms.